The Balaban J connectivity index is 1.26. The number of nitrogens with zero attached hydrogens (tertiary/aromatic N) is 1. The maximum absolute atomic E-state index is 13.6. The van der Waals surface area contributed by atoms with E-state index in [1.165, 1.54) is 18.9 Å². The fraction of sp³-hybridized carbons (Fsp3) is 0.571. The van der Waals surface area contributed by atoms with Gasteiger partial charge in [-0.3, -0.25) is 4.79 Å². The maximum Gasteiger partial charge on any atom is 0.222 e. The Morgan fingerprint density at radius 1 is 1.20 bits per heavy atom. The van der Waals surface area contributed by atoms with E-state index in [1.807, 2.05) is 12.1 Å². The average molecular weight is 342 g/mol. The molecule has 1 heterocycles. The van der Waals surface area contributed by atoms with E-state index in [0.29, 0.717) is 42.3 Å². The van der Waals surface area contributed by atoms with Gasteiger partial charge in [0.15, 0.2) is 0 Å². The highest BCUT2D eigenvalue weighted by atomic mass is 19.1. The van der Waals surface area contributed by atoms with Gasteiger partial charge in [-0.15, -0.1) is 0 Å². The smallest absolute Gasteiger partial charge is 0.222 e. The minimum absolute atomic E-state index is 0.156. The van der Waals surface area contributed by atoms with Crippen molar-refractivity contribution in [1.82, 2.24) is 10.2 Å². The number of carbonyl (C=O) groups is 1. The van der Waals surface area contributed by atoms with Crippen LogP contribution in [0.2, 0.25) is 0 Å². The van der Waals surface area contributed by atoms with Crippen LogP contribution in [0.5, 0.6) is 0 Å². The molecule has 1 saturated carbocycles. The van der Waals surface area contributed by atoms with Gasteiger partial charge in [0.1, 0.15) is 5.82 Å². The van der Waals surface area contributed by atoms with E-state index >= 15 is 0 Å². The van der Waals surface area contributed by atoms with Crippen molar-refractivity contribution in [3.63, 3.8) is 0 Å². The van der Waals surface area contributed by atoms with Crippen LogP contribution in [-0.4, -0.2) is 29.9 Å². The molecule has 3 nitrogen and oxygen atoms in total. The number of fused-ring (bicyclic) bond motifs is 2. The van der Waals surface area contributed by atoms with Crippen LogP contribution in [0.3, 0.4) is 0 Å². The minimum atomic E-state index is -0.156. The van der Waals surface area contributed by atoms with Crippen molar-refractivity contribution < 1.29 is 9.18 Å². The summed E-state index contributed by atoms with van der Waals surface area (Å²) in [6.45, 7) is 2.30. The monoisotopic (exact) mass is 342 g/mol. The summed E-state index contributed by atoms with van der Waals surface area (Å²) in [5, 5.41) is 3.34. The van der Waals surface area contributed by atoms with Gasteiger partial charge in [0.25, 0.3) is 0 Å². The van der Waals surface area contributed by atoms with Crippen molar-refractivity contribution in [2.24, 2.45) is 17.8 Å². The van der Waals surface area contributed by atoms with Crippen molar-refractivity contribution in [3.05, 3.63) is 47.8 Å². The van der Waals surface area contributed by atoms with Crippen LogP contribution >= 0.6 is 0 Å². The fourth-order valence-electron chi connectivity index (χ4n) is 4.83. The first-order valence-electron chi connectivity index (χ1n) is 9.62. The Morgan fingerprint density at radius 2 is 2.08 bits per heavy atom. The molecule has 1 amide bonds. The Kier molecular flexibility index (Phi) is 4.89. The number of nitrogens with one attached hydrogen (secondary N) is 1. The van der Waals surface area contributed by atoms with Crippen molar-refractivity contribution in [2.75, 3.05) is 13.1 Å². The number of rotatable bonds is 7. The summed E-state index contributed by atoms with van der Waals surface area (Å²) in [5.74, 6) is 2.28. The third kappa shape index (κ3) is 3.64. The molecule has 0 unspecified atom stereocenters. The zero-order valence-corrected chi connectivity index (χ0v) is 14.7. The average Bonchev–Trinajstić information content (AvgIpc) is 3.31. The Morgan fingerprint density at radius 3 is 2.84 bits per heavy atom. The van der Waals surface area contributed by atoms with Crippen LogP contribution in [0.4, 0.5) is 4.39 Å². The summed E-state index contributed by atoms with van der Waals surface area (Å²) < 4.78 is 13.6. The van der Waals surface area contributed by atoms with Crippen LogP contribution in [0.1, 0.15) is 37.7 Å². The summed E-state index contributed by atoms with van der Waals surface area (Å²) in [4.78, 5) is 14.5. The number of carbonyl (C=O) groups excluding carboxylic acids is 1. The summed E-state index contributed by atoms with van der Waals surface area (Å²) in [5.41, 5.74) is 0.704. The number of likely N-dealkylation sites (tertiary alicyclic amines) is 1. The molecule has 4 atom stereocenters. The molecule has 0 aromatic heterocycles. The largest absolute Gasteiger partial charge is 0.339 e. The molecule has 2 fully saturated rings. The normalized spacial score (nSPS) is 30.6. The molecule has 4 rings (SSSR count). The Labute approximate surface area is 149 Å². The van der Waals surface area contributed by atoms with Crippen LogP contribution in [0, 0.1) is 23.6 Å². The molecule has 2 aliphatic carbocycles. The molecule has 1 aromatic carbocycles. The predicted octanol–water partition coefficient (Wildman–Crippen LogP) is 3.51. The van der Waals surface area contributed by atoms with Crippen molar-refractivity contribution in [1.29, 1.82) is 0 Å². The van der Waals surface area contributed by atoms with E-state index in [1.54, 1.807) is 6.07 Å². The van der Waals surface area contributed by atoms with Gasteiger partial charge in [-0.25, -0.2) is 4.39 Å². The lowest BCUT2D eigenvalue weighted by Crippen LogP contribution is -2.39. The number of halogens is 1. The van der Waals surface area contributed by atoms with E-state index in [0.717, 1.165) is 31.8 Å². The molecule has 1 N–H and O–H groups in total. The predicted molar refractivity (Wildman–Crippen MR) is 96.3 cm³/mol. The first-order chi connectivity index (χ1) is 12.2. The molecule has 0 spiro atoms. The van der Waals surface area contributed by atoms with Crippen LogP contribution < -0.4 is 5.32 Å². The van der Waals surface area contributed by atoms with Gasteiger partial charge in [-0.2, -0.15) is 0 Å². The van der Waals surface area contributed by atoms with Crippen molar-refractivity contribution in [2.45, 2.75) is 44.7 Å². The van der Waals surface area contributed by atoms with Crippen molar-refractivity contribution in [3.8, 4) is 0 Å². The van der Waals surface area contributed by atoms with Crippen LogP contribution in [-0.2, 0) is 11.3 Å². The van der Waals surface area contributed by atoms with Crippen molar-refractivity contribution >= 4 is 5.91 Å². The van der Waals surface area contributed by atoms with Gasteiger partial charge < -0.3 is 10.2 Å². The van der Waals surface area contributed by atoms with Gasteiger partial charge in [0.05, 0.1) is 0 Å². The molecule has 2 bridgehead atoms. The lowest BCUT2D eigenvalue weighted by atomic mass is 9.92. The van der Waals surface area contributed by atoms with E-state index in [2.05, 4.69) is 22.4 Å². The van der Waals surface area contributed by atoms with Crippen LogP contribution in [0.15, 0.2) is 36.4 Å². The SMILES string of the molecule is O=C1CC[C@@H](CCNCc2ccccc2F)N1C[C@H]1C[C@@H]2C=C[C@H]1C2. The van der Waals surface area contributed by atoms with Gasteiger partial charge >= 0.3 is 0 Å². The molecule has 1 aliphatic heterocycles. The van der Waals surface area contributed by atoms with E-state index in [9.17, 15) is 9.18 Å². The molecule has 0 radical (unpaired) electrons. The highest BCUT2D eigenvalue weighted by molar-refractivity contribution is 5.78. The summed E-state index contributed by atoms with van der Waals surface area (Å²) in [7, 11) is 0. The van der Waals surface area contributed by atoms with Gasteiger partial charge in [-0.05, 0) is 56.0 Å². The van der Waals surface area contributed by atoms with Gasteiger partial charge in [0.2, 0.25) is 5.91 Å². The lowest BCUT2D eigenvalue weighted by Gasteiger charge is -2.30. The highest BCUT2D eigenvalue weighted by Crippen LogP contribution is 2.44. The van der Waals surface area contributed by atoms with E-state index < -0.39 is 0 Å². The Bertz CT molecular complexity index is 659. The lowest BCUT2D eigenvalue weighted by molar-refractivity contribution is -0.129. The number of hydrogen-bond acceptors (Lipinski definition) is 2. The topological polar surface area (TPSA) is 32.3 Å². The molecule has 1 aromatic rings. The minimum Gasteiger partial charge on any atom is -0.339 e. The first kappa shape index (κ1) is 16.8. The second kappa shape index (κ2) is 7.28. The third-order valence-electron chi connectivity index (χ3n) is 6.23. The molecule has 25 heavy (non-hydrogen) atoms. The number of hydrogen-bond donors (Lipinski definition) is 1. The standard InChI is InChI=1S/C21H27FN2O/c22-20-4-2-1-3-17(20)13-23-10-9-19-7-8-21(25)24(19)14-18-12-15-5-6-16(18)11-15/h1-6,15-16,18-19,23H,7-14H2/t15-,16+,18-,19+/m1/s1. The molecule has 3 aliphatic rings. The first-order valence-corrected chi connectivity index (χ1v) is 9.62. The zero-order chi connectivity index (χ0) is 17.2. The number of allylic oxidation sites excluding steroid dienone is 2. The quantitative estimate of drug-likeness (QED) is 0.607. The van der Waals surface area contributed by atoms with E-state index in [-0.39, 0.29) is 5.82 Å². The van der Waals surface area contributed by atoms with Gasteiger partial charge in [0, 0.05) is 31.1 Å². The van der Waals surface area contributed by atoms with Gasteiger partial charge in [-0.1, -0.05) is 30.4 Å². The molecular weight excluding hydrogens is 315 g/mol. The molecule has 134 valence electrons. The maximum atomic E-state index is 13.6. The fourth-order valence-corrected chi connectivity index (χ4v) is 4.83. The molecule has 4 heteroatoms. The number of amides is 1. The van der Waals surface area contributed by atoms with Crippen LogP contribution in [0.25, 0.3) is 0 Å². The second-order valence-electron chi connectivity index (χ2n) is 7.84. The second-order valence-corrected chi connectivity index (χ2v) is 7.84. The third-order valence-corrected chi connectivity index (χ3v) is 6.23. The summed E-state index contributed by atoms with van der Waals surface area (Å²) in [6.07, 6.45) is 9.88. The van der Waals surface area contributed by atoms with E-state index in [4.69, 9.17) is 0 Å². The molecular formula is C21H27FN2O. The number of benzene rings is 1. The Hall–Kier alpha value is -1.68. The summed E-state index contributed by atoms with van der Waals surface area (Å²) in [6, 6.07) is 7.24. The zero-order valence-electron chi connectivity index (χ0n) is 14.7. The highest BCUT2D eigenvalue weighted by Gasteiger charge is 2.39. The molecule has 1 saturated heterocycles. The summed E-state index contributed by atoms with van der Waals surface area (Å²) >= 11 is 0.